The second-order valence-corrected chi connectivity index (χ2v) is 14.8. The van der Waals surface area contributed by atoms with E-state index in [2.05, 4.69) is 31.4 Å². The molecule has 2 rings (SSSR count). The van der Waals surface area contributed by atoms with Gasteiger partial charge in [-0.2, -0.15) is 0 Å². The van der Waals surface area contributed by atoms with Crippen LogP contribution in [0.5, 0.6) is 0 Å². The van der Waals surface area contributed by atoms with E-state index < -0.39 is 35.1 Å². The molecule has 0 bridgehead atoms. The molecule has 1 aliphatic carbocycles. The topological polar surface area (TPSA) is 113 Å². The summed E-state index contributed by atoms with van der Waals surface area (Å²) in [5.41, 5.74) is -0.816. The summed E-state index contributed by atoms with van der Waals surface area (Å²) in [7, 11) is 0. The number of hydrogen-bond donors (Lipinski definition) is 2. The second kappa shape index (κ2) is 12.9. The number of carbonyl (C=O) groups is 5. The SMILES string of the molecule is CC(=O)C(=O)C(CC1CCC1)NC(=O)C1C(CC(C)C)C(C)CN1C(=O)C(NC(=O)CC(C)(C)C)C(C)(C)C. The Morgan fingerprint density at radius 1 is 0.923 bits per heavy atom. The Balaban J connectivity index is 2.39. The van der Waals surface area contributed by atoms with Crippen LogP contribution < -0.4 is 10.6 Å². The number of carbonyl (C=O) groups excluding carboxylic acids is 5. The fourth-order valence-corrected chi connectivity index (χ4v) is 5.87. The summed E-state index contributed by atoms with van der Waals surface area (Å²) >= 11 is 0. The minimum Gasteiger partial charge on any atom is -0.344 e. The molecule has 0 radical (unpaired) electrons. The maximum atomic E-state index is 14.2. The lowest BCUT2D eigenvalue weighted by Crippen LogP contribution is -2.60. The van der Waals surface area contributed by atoms with Gasteiger partial charge in [-0.3, -0.25) is 24.0 Å². The Labute approximate surface area is 235 Å². The number of nitrogens with zero attached hydrogens (tertiary/aromatic N) is 1. The molecule has 8 nitrogen and oxygen atoms in total. The van der Waals surface area contributed by atoms with E-state index in [-0.39, 0.29) is 41.4 Å². The lowest BCUT2D eigenvalue weighted by Gasteiger charge is -2.37. The number of likely N-dealkylation sites (tertiary alicyclic amines) is 1. The molecule has 8 heteroatoms. The van der Waals surface area contributed by atoms with Crippen molar-refractivity contribution in [3.05, 3.63) is 0 Å². The predicted molar refractivity (Wildman–Crippen MR) is 153 cm³/mol. The molecule has 1 aliphatic heterocycles. The van der Waals surface area contributed by atoms with Crippen molar-refractivity contribution in [2.24, 2.45) is 34.5 Å². The van der Waals surface area contributed by atoms with Crippen LogP contribution in [-0.2, 0) is 24.0 Å². The highest BCUT2D eigenvalue weighted by atomic mass is 16.2. The van der Waals surface area contributed by atoms with Crippen LogP contribution in [0.2, 0.25) is 0 Å². The van der Waals surface area contributed by atoms with Crippen LogP contribution in [0.15, 0.2) is 0 Å². The number of Topliss-reactive ketones (excluding diaryl/α,β-unsaturated/α-hetero) is 2. The maximum absolute atomic E-state index is 14.2. The molecule has 0 aromatic rings. The van der Waals surface area contributed by atoms with Gasteiger partial charge in [0.1, 0.15) is 12.1 Å². The summed E-state index contributed by atoms with van der Waals surface area (Å²) in [5, 5.41) is 5.88. The first kappa shape index (κ1) is 33.0. The van der Waals surface area contributed by atoms with Gasteiger partial charge in [0.25, 0.3) is 0 Å². The minimum atomic E-state index is -0.877. The first-order valence-electron chi connectivity index (χ1n) is 14.8. The third kappa shape index (κ3) is 9.14. The summed E-state index contributed by atoms with van der Waals surface area (Å²) < 4.78 is 0. The Hall–Kier alpha value is -2.25. The summed E-state index contributed by atoms with van der Waals surface area (Å²) in [6.45, 7) is 19.5. The Morgan fingerprint density at radius 2 is 1.51 bits per heavy atom. The molecule has 0 aromatic heterocycles. The van der Waals surface area contributed by atoms with Crippen LogP contribution in [0.25, 0.3) is 0 Å². The highest BCUT2D eigenvalue weighted by Gasteiger charge is 2.49. The average molecular weight is 548 g/mol. The fourth-order valence-electron chi connectivity index (χ4n) is 5.87. The van der Waals surface area contributed by atoms with Crippen LogP contribution in [0, 0.1) is 34.5 Å². The molecule has 0 spiro atoms. The van der Waals surface area contributed by atoms with Crippen molar-refractivity contribution in [2.45, 2.75) is 126 Å². The van der Waals surface area contributed by atoms with Gasteiger partial charge in [-0.05, 0) is 47.3 Å². The van der Waals surface area contributed by atoms with Gasteiger partial charge in [-0.1, -0.05) is 81.6 Å². The Kier molecular flexibility index (Phi) is 10.9. The lowest BCUT2D eigenvalue weighted by molar-refractivity contribution is -0.146. The van der Waals surface area contributed by atoms with Crippen LogP contribution in [-0.4, -0.2) is 58.9 Å². The smallest absolute Gasteiger partial charge is 0.246 e. The largest absolute Gasteiger partial charge is 0.344 e. The van der Waals surface area contributed by atoms with Gasteiger partial charge in [0.2, 0.25) is 23.5 Å². The molecule has 3 amide bonds. The van der Waals surface area contributed by atoms with E-state index in [1.807, 2.05) is 41.5 Å². The number of ketones is 2. The third-order valence-corrected chi connectivity index (χ3v) is 8.14. The summed E-state index contributed by atoms with van der Waals surface area (Å²) in [4.78, 5) is 67.4. The molecular formula is C31H53N3O5. The fraction of sp³-hybridized carbons (Fsp3) is 0.839. The van der Waals surface area contributed by atoms with Gasteiger partial charge in [0, 0.05) is 19.9 Å². The Bertz CT molecular complexity index is 925. The van der Waals surface area contributed by atoms with Crippen molar-refractivity contribution in [1.82, 2.24) is 15.5 Å². The van der Waals surface area contributed by atoms with E-state index in [0.29, 0.717) is 24.8 Å². The molecule has 1 saturated heterocycles. The van der Waals surface area contributed by atoms with Gasteiger partial charge in [-0.15, -0.1) is 0 Å². The zero-order chi connectivity index (χ0) is 29.9. The normalized spacial score (nSPS) is 23.7. The van der Waals surface area contributed by atoms with E-state index in [1.165, 1.54) is 6.92 Å². The zero-order valence-electron chi connectivity index (χ0n) is 26.0. The quantitative estimate of drug-likeness (QED) is 0.375. The maximum Gasteiger partial charge on any atom is 0.246 e. The zero-order valence-corrected chi connectivity index (χ0v) is 26.0. The van der Waals surface area contributed by atoms with Crippen molar-refractivity contribution in [1.29, 1.82) is 0 Å². The molecule has 2 fully saturated rings. The first-order chi connectivity index (χ1) is 17.8. The van der Waals surface area contributed by atoms with Crippen molar-refractivity contribution in [3.63, 3.8) is 0 Å². The standard InChI is InChI=1S/C31H53N3O5/c1-18(2)14-22-19(3)17-34(29(39)27(31(8,9)10)33-24(36)16-30(5,6)7)25(22)28(38)32-23(26(37)20(4)35)15-21-12-11-13-21/h18-19,21-23,25,27H,11-17H2,1-10H3,(H,32,38)(H,33,36). The molecule has 39 heavy (non-hydrogen) atoms. The van der Waals surface area contributed by atoms with Crippen LogP contribution >= 0.6 is 0 Å². The molecule has 1 saturated carbocycles. The number of rotatable bonds is 11. The van der Waals surface area contributed by atoms with E-state index >= 15 is 0 Å². The van der Waals surface area contributed by atoms with Gasteiger partial charge in [0.15, 0.2) is 5.78 Å². The second-order valence-electron chi connectivity index (χ2n) is 14.8. The summed E-state index contributed by atoms with van der Waals surface area (Å²) in [6.07, 6.45) is 4.53. The van der Waals surface area contributed by atoms with E-state index in [1.54, 1.807) is 4.90 Å². The number of nitrogens with one attached hydrogen (secondary N) is 2. The predicted octanol–water partition coefficient (Wildman–Crippen LogP) is 4.30. The number of amides is 3. The summed E-state index contributed by atoms with van der Waals surface area (Å²) in [6, 6.07) is -2.46. The van der Waals surface area contributed by atoms with Crippen molar-refractivity contribution in [3.8, 4) is 0 Å². The molecule has 0 aromatic carbocycles. The van der Waals surface area contributed by atoms with Gasteiger partial charge in [0.05, 0.1) is 6.04 Å². The molecule has 2 N–H and O–H groups in total. The van der Waals surface area contributed by atoms with Crippen molar-refractivity contribution >= 4 is 29.3 Å². The third-order valence-electron chi connectivity index (χ3n) is 8.14. The van der Waals surface area contributed by atoms with E-state index in [4.69, 9.17) is 0 Å². The van der Waals surface area contributed by atoms with Gasteiger partial charge in [-0.25, -0.2) is 0 Å². The molecule has 2 aliphatic rings. The van der Waals surface area contributed by atoms with Crippen LogP contribution in [0.1, 0.15) is 108 Å². The monoisotopic (exact) mass is 547 g/mol. The average Bonchev–Trinajstić information content (AvgIpc) is 3.06. The van der Waals surface area contributed by atoms with Crippen molar-refractivity contribution in [2.75, 3.05) is 6.54 Å². The Morgan fingerprint density at radius 3 is 1.95 bits per heavy atom. The lowest BCUT2D eigenvalue weighted by atomic mass is 9.79. The summed E-state index contributed by atoms with van der Waals surface area (Å²) in [5.74, 6) is -1.44. The minimum absolute atomic E-state index is 0.0617. The van der Waals surface area contributed by atoms with Crippen LogP contribution in [0.3, 0.4) is 0 Å². The van der Waals surface area contributed by atoms with Gasteiger partial charge >= 0.3 is 0 Å². The molecule has 5 atom stereocenters. The first-order valence-corrected chi connectivity index (χ1v) is 14.8. The van der Waals surface area contributed by atoms with Crippen LogP contribution in [0.4, 0.5) is 0 Å². The van der Waals surface area contributed by atoms with Crippen molar-refractivity contribution < 1.29 is 24.0 Å². The number of hydrogen-bond acceptors (Lipinski definition) is 5. The molecule has 1 heterocycles. The molecular weight excluding hydrogens is 494 g/mol. The molecule has 5 unspecified atom stereocenters. The van der Waals surface area contributed by atoms with E-state index in [0.717, 1.165) is 25.7 Å². The highest BCUT2D eigenvalue weighted by molar-refractivity contribution is 6.38. The van der Waals surface area contributed by atoms with E-state index in [9.17, 15) is 24.0 Å². The highest BCUT2D eigenvalue weighted by Crippen LogP contribution is 2.37. The molecule has 222 valence electrons. The van der Waals surface area contributed by atoms with Gasteiger partial charge < -0.3 is 15.5 Å².